The Hall–Kier alpha value is -1.03. The van der Waals surface area contributed by atoms with Gasteiger partial charge in [0, 0.05) is 12.0 Å². The second-order valence-electron chi connectivity index (χ2n) is 4.76. The molecule has 90 valence electrons. The van der Waals surface area contributed by atoms with Crippen molar-refractivity contribution in [2.75, 3.05) is 0 Å². The lowest BCUT2D eigenvalue weighted by Crippen LogP contribution is -2.32. The topological polar surface area (TPSA) is 67.7 Å². The third-order valence-electron chi connectivity index (χ3n) is 2.97. The predicted molar refractivity (Wildman–Crippen MR) is 67.0 cm³/mol. The van der Waals surface area contributed by atoms with E-state index in [9.17, 15) is 0 Å². The van der Waals surface area contributed by atoms with Crippen molar-refractivity contribution in [1.82, 2.24) is 9.78 Å². The monoisotopic (exact) mass is 242 g/mol. The number of nitrogens with two attached hydrogens (primary N) is 1. The maximum atomic E-state index is 7.49. The zero-order valence-electron chi connectivity index (χ0n) is 10.3. The van der Waals surface area contributed by atoms with Crippen LogP contribution in [0.25, 0.3) is 0 Å². The molecule has 0 aliphatic rings. The van der Waals surface area contributed by atoms with Crippen molar-refractivity contribution in [3.63, 3.8) is 0 Å². The molecule has 5 heteroatoms. The van der Waals surface area contributed by atoms with Gasteiger partial charge in [0.1, 0.15) is 0 Å². The lowest BCUT2D eigenvalue weighted by molar-refractivity contribution is 0.407. The van der Waals surface area contributed by atoms with Gasteiger partial charge in [-0.25, -0.2) is 0 Å². The lowest BCUT2D eigenvalue weighted by Gasteiger charge is -2.22. The summed E-state index contributed by atoms with van der Waals surface area (Å²) >= 11 is 6.06. The first-order valence-corrected chi connectivity index (χ1v) is 5.67. The van der Waals surface area contributed by atoms with Crippen molar-refractivity contribution in [3.8, 4) is 0 Å². The fraction of sp³-hybridized carbons (Fsp3) is 0.636. The predicted octanol–water partition coefficient (Wildman–Crippen LogP) is 2.51. The van der Waals surface area contributed by atoms with E-state index >= 15 is 0 Å². The highest BCUT2D eigenvalue weighted by molar-refractivity contribution is 6.31. The first-order valence-electron chi connectivity index (χ1n) is 5.29. The van der Waals surface area contributed by atoms with Gasteiger partial charge >= 0.3 is 0 Å². The Morgan fingerprint density at radius 3 is 2.44 bits per heavy atom. The van der Waals surface area contributed by atoms with Crippen LogP contribution in [0, 0.1) is 24.7 Å². The molecule has 16 heavy (non-hydrogen) atoms. The van der Waals surface area contributed by atoms with E-state index in [1.54, 1.807) is 0 Å². The van der Waals surface area contributed by atoms with Gasteiger partial charge in [0.15, 0.2) is 0 Å². The zero-order chi connectivity index (χ0) is 12.5. The second-order valence-corrected chi connectivity index (χ2v) is 5.13. The number of rotatable bonds is 4. The minimum atomic E-state index is -0.293. The van der Waals surface area contributed by atoms with Crippen LogP contribution in [-0.4, -0.2) is 15.6 Å². The third kappa shape index (κ3) is 2.55. The van der Waals surface area contributed by atoms with Gasteiger partial charge in [0.05, 0.1) is 22.2 Å². The number of hydrogen-bond donors (Lipinski definition) is 2. The molecule has 0 unspecified atom stereocenters. The number of amidine groups is 1. The molecular weight excluding hydrogens is 224 g/mol. The molecular formula is C11H19ClN4. The fourth-order valence-corrected chi connectivity index (χ4v) is 1.55. The van der Waals surface area contributed by atoms with Gasteiger partial charge in [-0.05, 0) is 20.3 Å². The van der Waals surface area contributed by atoms with E-state index in [2.05, 4.69) is 5.10 Å². The van der Waals surface area contributed by atoms with E-state index in [4.69, 9.17) is 22.7 Å². The van der Waals surface area contributed by atoms with Crippen LogP contribution >= 0.6 is 11.6 Å². The number of nitrogens with one attached hydrogen (secondary N) is 1. The van der Waals surface area contributed by atoms with Gasteiger partial charge in [-0.15, -0.1) is 0 Å². The Morgan fingerprint density at radius 1 is 1.50 bits per heavy atom. The van der Waals surface area contributed by atoms with E-state index in [1.807, 2.05) is 32.4 Å². The molecule has 1 rings (SSSR count). The summed E-state index contributed by atoms with van der Waals surface area (Å²) in [5.74, 6) is 0.208. The summed E-state index contributed by atoms with van der Waals surface area (Å²) in [6, 6.07) is 0. The largest absolute Gasteiger partial charge is 0.387 e. The van der Waals surface area contributed by atoms with Crippen LogP contribution in [0.2, 0.25) is 5.02 Å². The van der Waals surface area contributed by atoms with Crippen molar-refractivity contribution in [3.05, 3.63) is 16.4 Å². The van der Waals surface area contributed by atoms with Gasteiger partial charge < -0.3 is 5.73 Å². The summed E-state index contributed by atoms with van der Waals surface area (Å²) in [6.07, 6.45) is 0.778. The van der Waals surface area contributed by atoms with Crippen molar-refractivity contribution in [2.45, 2.75) is 40.7 Å². The van der Waals surface area contributed by atoms with Crippen LogP contribution in [0.3, 0.4) is 0 Å². The lowest BCUT2D eigenvalue weighted by atomic mass is 9.88. The molecule has 0 aromatic carbocycles. The van der Waals surface area contributed by atoms with Crippen LogP contribution in [0.5, 0.6) is 0 Å². The van der Waals surface area contributed by atoms with E-state index in [1.165, 1.54) is 0 Å². The first kappa shape index (κ1) is 13.0. The molecule has 1 aromatic heterocycles. The summed E-state index contributed by atoms with van der Waals surface area (Å²) in [4.78, 5) is 0. The number of hydrogen-bond acceptors (Lipinski definition) is 2. The molecule has 1 heterocycles. The van der Waals surface area contributed by atoms with Gasteiger partial charge in [0.2, 0.25) is 0 Å². The van der Waals surface area contributed by atoms with Crippen molar-refractivity contribution >= 4 is 17.4 Å². The Balaban J connectivity index is 2.76. The molecule has 0 saturated heterocycles. The maximum Gasteiger partial charge on any atom is 0.0963 e. The Labute approximate surface area is 101 Å². The van der Waals surface area contributed by atoms with Crippen LogP contribution in [0.4, 0.5) is 0 Å². The number of aromatic nitrogens is 2. The van der Waals surface area contributed by atoms with E-state index in [0.717, 1.165) is 29.4 Å². The fourth-order valence-electron chi connectivity index (χ4n) is 1.41. The van der Waals surface area contributed by atoms with Crippen LogP contribution in [0.15, 0.2) is 0 Å². The van der Waals surface area contributed by atoms with Crippen LogP contribution in [-0.2, 0) is 6.54 Å². The number of halogens is 1. The third-order valence-corrected chi connectivity index (χ3v) is 3.52. The maximum absolute atomic E-state index is 7.49. The summed E-state index contributed by atoms with van der Waals surface area (Å²) in [5, 5.41) is 12.6. The normalized spacial score (nSPS) is 11.8. The quantitative estimate of drug-likeness (QED) is 0.629. The molecule has 0 fully saturated rings. The molecule has 1 aromatic rings. The molecule has 0 saturated carbocycles. The Morgan fingerprint density at radius 2 is 2.06 bits per heavy atom. The highest BCUT2D eigenvalue weighted by atomic mass is 35.5. The minimum Gasteiger partial charge on any atom is -0.387 e. The minimum absolute atomic E-state index is 0.208. The van der Waals surface area contributed by atoms with Gasteiger partial charge in [-0.2, -0.15) is 5.10 Å². The van der Waals surface area contributed by atoms with Crippen molar-refractivity contribution in [2.24, 2.45) is 11.1 Å². The van der Waals surface area contributed by atoms with Crippen LogP contribution < -0.4 is 5.73 Å². The highest BCUT2D eigenvalue weighted by Crippen LogP contribution is 2.23. The molecule has 0 aliphatic carbocycles. The molecule has 4 nitrogen and oxygen atoms in total. The molecule has 0 amide bonds. The molecule has 0 spiro atoms. The first-order chi connectivity index (χ1) is 7.25. The SMILES string of the molecule is Cc1nn(CCC(C)(C)C(=N)N)c(C)c1Cl. The summed E-state index contributed by atoms with van der Waals surface area (Å²) in [5.41, 5.74) is 7.06. The average molecular weight is 243 g/mol. The van der Waals surface area contributed by atoms with E-state index in [-0.39, 0.29) is 11.3 Å². The molecule has 0 radical (unpaired) electrons. The zero-order valence-corrected chi connectivity index (χ0v) is 11.0. The summed E-state index contributed by atoms with van der Waals surface area (Å²) in [6.45, 7) is 8.49. The van der Waals surface area contributed by atoms with Gasteiger partial charge in [0.25, 0.3) is 0 Å². The Bertz CT molecular complexity index is 406. The number of aryl methyl sites for hydroxylation is 2. The van der Waals surface area contributed by atoms with Gasteiger partial charge in [-0.1, -0.05) is 25.4 Å². The smallest absolute Gasteiger partial charge is 0.0963 e. The van der Waals surface area contributed by atoms with Crippen molar-refractivity contribution < 1.29 is 0 Å². The standard InChI is InChI=1S/C11H19ClN4/c1-7-9(12)8(2)16(15-7)6-5-11(3,4)10(13)14/h5-6H2,1-4H3,(H3,13,14). The van der Waals surface area contributed by atoms with Gasteiger partial charge in [-0.3, -0.25) is 10.1 Å². The average Bonchev–Trinajstić information content (AvgIpc) is 2.43. The van der Waals surface area contributed by atoms with Crippen LogP contribution in [0.1, 0.15) is 31.7 Å². The Kier molecular flexibility index (Phi) is 3.63. The molecule has 3 N–H and O–H groups in total. The molecule has 0 aliphatic heterocycles. The summed E-state index contributed by atoms with van der Waals surface area (Å²) < 4.78 is 1.88. The molecule has 0 atom stereocenters. The number of nitrogens with zero attached hydrogens (tertiary/aromatic N) is 2. The molecule has 0 bridgehead atoms. The van der Waals surface area contributed by atoms with E-state index in [0.29, 0.717) is 0 Å². The van der Waals surface area contributed by atoms with Crippen molar-refractivity contribution in [1.29, 1.82) is 5.41 Å². The highest BCUT2D eigenvalue weighted by Gasteiger charge is 2.22. The van der Waals surface area contributed by atoms with E-state index < -0.39 is 0 Å². The summed E-state index contributed by atoms with van der Waals surface area (Å²) in [7, 11) is 0. The second kappa shape index (κ2) is 4.45.